The molecule has 1 amide bonds. The lowest BCUT2D eigenvalue weighted by Crippen LogP contribution is -2.16. The lowest BCUT2D eigenvalue weighted by atomic mass is 10.2. The Labute approximate surface area is 114 Å². The molecule has 0 spiro atoms. The molecule has 20 heavy (non-hydrogen) atoms. The van der Waals surface area contributed by atoms with Gasteiger partial charge in [-0.15, -0.1) is 0 Å². The minimum Gasteiger partial charge on any atom is -0.328 e. The van der Waals surface area contributed by atoms with E-state index in [9.17, 15) is 18.0 Å². The normalized spacial score (nSPS) is 11.1. The van der Waals surface area contributed by atoms with E-state index in [0.29, 0.717) is 0 Å². The van der Waals surface area contributed by atoms with Crippen LogP contribution in [0.4, 0.5) is 5.69 Å². The van der Waals surface area contributed by atoms with E-state index in [2.05, 4.69) is 10.3 Å². The van der Waals surface area contributed by atoms with Crippen molar-refractivity contribution in [3.05, 3.63) is 58.5 Å². The van der Waals surface area contributed by atoms with Crippen molar-refractivity contribution in [1.29, 1.82) is 0 Å². The second-order valence-corrected chi connectivity index (χ2v) is 5.53. The number of aromatic nitrogens is 1. The van der Waals surface area contributed by atoms with Crippen LogP contribution in [0.15, 0.2) is 52.3 Å². The van der Waals surface area contributed by atoms with Crippen LogP contribution in [0.25, 0.3) is 0 Å². The van der Waals surface area contributed by atoms with Crippen molar-refractivity contribution < 1.29 is 13.2 Å². The number of primary sulfonamides is 1. The highest BCUT2D eigenvalue weighted by atomic mass is 32.2. The molecular formula is C12H11N3O4S. The highest BCUT2D eigenvalue weighted by Crippen LogP contribution is 2.14. The van der Waals surface area contributed by atoms with Crippen molar-refractivity contribution in [2.75, 3.05) is 5.32 Å². The van der Waals surface area contributed by atoms with Gasteiger partial charge in [-0.2, -0.15) is 0 Å². The Morgan fingerprint density at radius 3 is 2.55 bits per heavy atom. The first kappa shape index (κ1) is 14.0. The number of aromatic amines is 1. The predicted octanol–water partition coefficient (Wildman–Crippen LogP) is 0.275. The first-order chi connectivity index (χ1) is 9.36. The Morgan fingerprint density at radius 1 is 1.20 bits per heavy atom. The number of carbonyl (C=O) groups excluding carboxylic acids is 1. The number of hydrogen-bond donors (Lipinski definition) is 3. The van der Waals surface area contributed by atoms with Gasteiger partial charge in [-0.05, 0) is 24.3 Å². The third-order valence-corrected chi connectivity index (χ3v) is 3.38. The van der Waals surface area contributed by atoms with Crippen LogP contribution in [0.2, 0.25) is 0 Å². The van der Waals surface area contributed by atoms with Gasteiger partial charge in [0.25, 0.3) is 5.91 Å². The maximum atomic E-state index is 11.9. The van der Waals surface area contributed by atoms with Gasteiger partial charge in [0.2, 0.25) is 15.6 Å². The molecule has 7 nitrogen and oxygen atoms in total. The van der Waals surface area contributed by atoms with E-state index in [4.69, 9.17) is 5.14 Å². The van der Waals surface area contributed by atoms with E-state index in [1.807, 2.05) is 0 Å². The number of sulfonamides is 1. The largest absolute Gasteiger partial charge is 0.328 e. The van der Waals surface area contributed by atoms with Crippen molar-refractivity contribution in [3.63, 3.8) is 0 Å². The molecule has 4 N–H and O–H groups in total. The maximum absolute atomic E-state index is 11.9. The second-order valence-electron chi connectivity index (χ2n) is 3.97. The quantitative estimate of drug-likeness (QED) is 0.752. The summed E-state index contributed by atoms with van der Waals surface area (Å²) in [5, 5.41) is 7.51. The van der Waals surface area contributed by atoms with E-state index in [-0.39, 0.29) is 21.7 Å². The van der Waals surface area contributed by atoms with Crippen LogP contribution >= 0.6 is 0 Å². The molecule has 0 aliphatic heterocycles. The van der Waals surface area contributed by atoms with Crippen LogP contribution in [0.3, 0.4) is 0 Å². The molecule has 2 aromatic rings. The summed E-state index contributed by atoms with van der Waals surface area (Å²) in [5.74, 6) is -0.479. The average molecular weight is 293 g/mol. The van der Waals surface area contributed by atoms with Gasteiger partial charge in [0.15, 0.2) is 0 Å². The first-order valence-corrected chi connectivity index (χ1v) is 7.04. The van der Waals surface area contributed by atoms with E-state index in [1.165, 1.54) is 42.6 Å². The third-order valence-electron chi connectivity index (χ3n) is 2.47. The fourth-order valence-corrected chi connectivity index (χ4v) is 2.07. The number of benzene rings is 1. The standard InChI is InChI=1S/C12H11N3O4S/c13-20(18,19)10-3-1-2-9(6-10)15-12(17)8-4-5-11(16)14-7-8/h1-7H,(H,14,16)(H,15,17)(H2,13,18,19). The van der Waals surface area contributed by atoms with E-state index >= 15 is 0 Å². The zero-order chi connectivity index (χ0) is 14.8. The molecule has 0 aliphatic rings. The van der Waals surface area contributed by atoms with Crippen molar-refractivity contribution in [2.24, 2.45) is 5.14 Å². The van der Waals surface area contributed by atoms with E-state index in [1.54, 1.807) is 0 Å². The second kappa shape index (κ2) is 5.27. The number of H-pyrrole nitrogens is 1. The van der Waals surface area contributed by atoms with Crippen LogP contribution in [0, 0.1) is 0 Å². The minimum absolute atomic E-state index is 0.100. The number of nitrogens with one attached hydrogen (secondary N) is 2. The van der Waals surface area contributed by atoms with Crippen molar-refractivity contribution in [2.45, 2.75) is 4.90 Å². The number of carbonyl (C=O) groups is 1. The zero-order valence-corrected chi connectivity index (χ0v) is 11.0. The lowest BCUT2D eigenvalue weighted by molar-refractivity contribution is 0.102. The average Bonchev–Trinajstić information content (AvgIpc) is 2.38. The van der Waals surface area contributed by atoms with E-state index in [0.717, 1.165) is 0 Å². The minimum atomic E-state index is -3.83. The van der Waals surface area contributed by atoms with Gasteiger partial charge in [0.05, 0.1) is 10.5 Å². The number of hydrogen-bond acceptors (Lipinski definition) is 4. The molecule has 0 unspecified atom stereocenters. The predicted molar refractivity (Wildman–Crippen MR) is 72.8 cm³/mol. The molecule has 0 aliphatic carbocycles. The smallest absolute Gasteiger partial charge is 0.257 e. The van der Waals surface area contributed by atoms with Gasteiger partial charge in [0.1, 0.15) is 0 Å². The molecule has 0 saturated heterocycles. The van der Waals surface area contributed by atoms with Crippen LogP contribution in [-0.4, -0.2) is 19.3 Å². The highest BCUT2D eigenvalue weighted by Gasteiger charge is 2.10. The first-order valence-electron chi connectivity index (χ1n) is 5.49. The fourth-order valence-electron chi connectivity index (χ4n) is 1.51. The molecule has 1 aromatic carbocycles. The molecule has 1 heterocycles. The van der Waals surface area contributed by atoms with Gasteiger partial charge in [-0.25, -0.2) is 13.6 Å². The fraction of sp³-hybridized carbons (Fsp3) is 0. The molecule has 0 bridgehead atoms. The zero-order valence-electron chi connectivity index (χ0n) is 10.2. The number of pyridine rings is 1. The van der Waals surface area contributed by atoms with Crippen LogP contribution < -0.4 is 16.0 Å². The molecule has 0 atom stereocenters. The van der Waals surface area contributed by atoms with Crippen molar-refractivity contribution >= 4 is 21.6 Å². The Morgan fingerprint density at radius 2 is 1.95 bits per heavy atom. The van der Waals surface area contributed by atoms with Gasteiger partial charge in [-0.3, -0.25) is 9.59 Å². The molecule has 0 radical (unpaired) electrons. The van der Waals surface area contributed by atoms with E-state index < -0.39 is 15.9 Å². The summed E-state index contributed by atoms with van der Waals surface area (Å²) in [6.45, 7) is 0. The summed E-state index contributed by atoms with van der Waals surface area (Å²) in [6.07, 6.45) is 1.27. The number of amides is 1. The van der Waals surface area contributed by atoms with Crippen molar-refractivity contribution in [1.82, 2.24) is 4.98 Å². The summed E-state index contributed by atoms with van der Waals surface area (Å²) in [4.78, 5) is 25.0. The Kier molecular flexibility index (Phi) is 3.68. The molecule has 0 fully saturated rings. The number of anilines is 1. The molecule has 0 saturated carbocycles. The van der Waals surface area contributed by atoms with Gasteiger partial charge >= 0.3 is 0 Å². The summed E-state index contributed by atoms with van der Waals surface area (Å²) in [5.41, 5.74) is 0.205. The highest BCUT2D eigenvalue weighted by molar-refractivity contribution is 7.89. The third kappa shape index (κ3) is 3.31. The molecule has 8 heteroatoms. The van der Waals surface area contributed by atoms with Gasteiger partial charge in [0, 0.05) is 18.0 Å². The summed E-state index contributed by atoms with van der Waals surface area (Å²) in [6, 6.07) is 8.14. The summed E-state index contributed by atoms with van der Waals surface area (Å²) >= 11 is 0. The number of nitrogens with two attached hydrogens (primary N) is 1. The monoisotopic (exact) mass is 293 g/mol. The summed E-state index contributed by atoms with van der Waals surface area (Å²) in [7, 11) is -3.83. The molecule has 2 rings (SSSR count). The Hall–Kier alpha value is -2.45. The Balaban J connectivity index is 2.24. The van der Waals surface area contributed by atoms with Crippen LogP contribution in [-0.2, 0) is 10.0 Å². The summed E-state index contributed by atoms with van der Waals surface area (Å²) < 4.78 is 22.4. The van der Waals surface area contributed by atoms with Crippen LogP contribution in [0.5, 0.6) is 0 Å². The number of rotatable bonds is 3. The topological polar surface area (TPSA) is 122 Å². The molecule has 104 valence electrons. The van der Waals surface area contributed by atoms with Gasteiger partial charge in [-0.1, -0.05) is 6.07 Å². The SMILES string of the molecule is NS(=O)(=O)c1cccc(NC(=O)c2ccc(=O)[nH]c2)c1. The Bertz CT molecular complexity index is 791. The van der Waals surface area contributed by atoms with Crippen molar-refractivity contribution in [3.8, 4) is 0 Å². The van der Waals surface area contributed by atoms with Crippen LogP contribution in [0.1, 0.15) is 10.4 Å². The molecule has 1 aromatic heterocycles. The maximum Gasteiger partial charge on any atom is 0.257 e. The molecular weight excluding hydrogens is 282 g/mol. The van der Waals surface area contributed by atoms with Gasteiger partial charge < -0.3 is 10.3 Å². The lowest BCUT2D eigenvalue weighted by Gasteiger charge is -2.06.